The van der Waals surface area contributed by atoms with Gasteiger partial charge in [-0.1, -0.05) is 0 Å². The lowest BCUT2D eigenvalue weighted by Crippen LogP contribution is -2.53. The van der Waals surface area contributed by atoms with Crippen LogP contribution < -0.4 is 10.6 Å². The molecule has 7 heteroatoms. The van der Waals surface area contributed by atoms with Crippen LogP contribution in [0.2, 0.25) is 0 Å². The summed E-state index contributed by atoms with van der Waals surface area (Å²) < 4.78 is 0. The molecular formula is C17H22N4O3. The van der Waals surface area contributed by atoms with E-state index in [2.05, 4.69) is 21.6 Å². The summed E-state index contributed by atoms with van der Waals surface area (Å²) in [4.78, 5) is 40.1. The number of nitrogens with zero attached hydrogens (tertiary/aromatic N) is 2. The van der Waals surface area contributed by atoms with Gasteiger partial charge in [-0.05, 0) is 30.9 Å². The number of piperidine rings is 1. The Kier molecular flexibility index (Phi) is 3.88. The number of rotatable bonds is 2. The van der Waals surface area contributed by atoms with Gasteiger partial charge >= 0.3 is 0 Å². The second kappa shape index (κ2) is 6.05. The maximum Gasteiger partial charge on any atom is 0.251 e. The molecule has 4 rings (SSSR count). The Hall–Kier alpha value is -2.15. The normalized spacial score (nSPS) is 28.1. The van der Waals surface area contributed by atoms with Crippen LogP contribution in [0.3, 0.4) is 0 Å². The molecule has 0 aromatic heterocycles. The highest BCUT2D eigenvalue weighted by Crippen LogP contribution is 2.34. The average Bonchev–Trinajstić information content (AvgIpc) is 2.92. The first-order valence-electron chi connectivity index (χ1n) is 8.66. The smallest absolute Gasteiger partial charge is 0.251 e. The van der Waals surface area contributed by atoms with Crippen molar-refractivity contribution in [3.05, 3.63) is 22.9 Å². The van der Waals surface area contributed by atoms with Crippen LogP contribution in [-0.2, 0) is 14.4 Å². The Balaban J connectivity index is 1.51. The number of imide groups is 1. The fourth-order valence-electron chi connectivity index (χ4n) is 4.02. The topological polar surface area (TPSA) is 81.8 Å². The van der Waals surface area contributed by atoms with Crippen LogP contribution in [-0.4, -0.2) is 66.3 Å². The average molecular weight is 330 g/mol. The van der Waals surface area contributed by atoms with Crippen molar-refractivity contribution in [2.24, 2.45) is 0 Å². The minimum Gasteiger partial charge on any atom is -0.372 e. The van der Waals surface area contributed by atoms with Gasteiger partial charge in [-0.2, -0.15) is 0 Å². The molecule has 1 unspecified atom stereocenters. The van der Waals surface area contributed by atoms with E-state index in [1.807, 2.05) is 0 Å². The van der Waals surface area contributed by atoms with Gasteiger partial charge in [0.25, 0.3) is 5.91 Å². The molecule has 2 N–H and O–H groups in total. The summed E-state index contributed by atoms with van der Waals surface area (Å²) in [5.41, 5.74) is 3.19. The van der Waals surface area contributed by atoms with Crippen molar-refractivity contribution >= 4 is 17.7 Å². The SMILES string of the molecule is O=C1CCC(N2CC3=C(CCC(N4CCNCC4)=C3)C2=O)C(=O)N1. The van der Waals surface area contributed by atoms with Crippen LogP contribution >= 0.6 is 0 Å². The summed E-state index contributed by atoms with van der Waals surface area (Å²) in [6, 6.07) is -0.517. The molecule has 128 valence electrons. The number of hydrogen-bond donors (Lipinski definition) is 2. The second-order valence-corrected chi connectivity index (χ2v) is 6.78. The fourth-order valence-corrected chi connectivity index (χ4v) is 4.02. The minimum atomic E-state index is -0.517. The van der Waals surface area contributed by atoms with E-state index in [4.69, 9.17) is 0 Å². The summed E-state index contributed by atoms with van der Waals surface area (Å²) in [6.45, 7) is 4.46. The summed E-state index contributed by atoms with van der Waals surface area (Å²) in [5.74, 6) is -0.623. The molecule has 0 aromatic carbocycles. The number of allylic oxidation sites excluding steroid dienone is 1. The molecular weight excluding hydrogens is 308 g/mol. The van der Waals surface area contributed by atoms with E-state index >= 15 is 0 Å². The van der Waals surface area contributed by atoms with Gasteiger partial charge in [-0.25, -0.2) is 0 Å². The van der Waals surface area contributed by atoms with Gasteiger partial charge in [0.15, 0.2) is 0 Å². The van der Waals surface area contributed by atoms with Crippen molar-refractivity contribution in [1.82, 2.24) is 20.4 Å². The Morgan fingerprint density at radius 2 is 1.83 bits per heavy atom. The molecule has 4 aliphatic rings. The van der Waals surface area contributed by atoms with Gasteiger partial charge in [-0.15, -0.1) is 0 Å². The maximum atomic E-state index is 12.7. The minimum absolute atomic E-state index is 0.0323. The Morgan fingerprint density at radius 3 is 2.58 bits per heavy atom. The standard InChI is InChI=1S/C17H22N4O3/c22-15-4-3-14(16(23)19-15)21-10-11-9-12(1-2-13(11)17(21)24)20-7-5-18-6-8-20/h9,14,18H,1-8,10H2,(H,19,22,23). The van der Waals surface area contributed by atoms with Crippen molar-refractivity contribution in [2.75, 3.05) is 32.7 Å². The van der Waals surface area contributed by atoms with Gasteiger partial charge in [0.2, 0.25) is 11.8 Å². The molecule has 1 aliphatic carbocycles. The van der Waals surface area contributed by atoms with Crippen LogP contribution in [0.5, 0.6) is 0 Å². The second-order valence-electron chi connectivity index (χ2n) is 6.78. The zero-order valence-electron chi connectivity index (χ0n) is 13.6. The molecule has 0 bridgehead atoms. The molecule has 1 atom stereocenters. The van der Waals surface area contributed by atoms with Gasteiger partial charge < -0.3 is 15.1 Å². The summed E-state index contributed by atoms with van der Waals surface area (Å²) in [7, 11) is 0. The van der Waals surface area contributed by atoms with E-state index in [1.165, 1.54) is 5.70 Å². The number of carbonyl (C=O) groups is 3. The number of amides is 3. The molecule has 2 saturated heterocycles. The first-order valence-corrected chi connectivity index (χ1v) is 8.66. The lowest BCUT2D eigenvalue weighted by molar-refractivity contribution is -0.142. The van der Waals surface area contributed by atoms with Crippen molar-refractivity contribution in [1.29, 1.82) is 0 Å². The van der Waals surface area contributed by atoms with E-state index in [9.17, 15) is 14.4 Å². The predicted molar refractivity (Wildman–Crippen MR) is 86.7 cm³/mol. The molecule has 3 heterocycles. The van der Waals surface area contributed by atoms with Crippen LogP contribution in [0.1, 0.15) is 25.7 Å². The van der Waals surface area contributed by atoms with E-state index in [0.717, 1.165) is 50.2 Å². The lowest BCUT2D eigenvalue weighted by Gasteiger charge is -2.33. The molecule has 0 aromatic rings. The summed E-state index contributed by atoms with van der Waals surface area (Å²) in [6.07, 6.45) is 4.49. The Bertz CT molecular complexity index is 661. The quantitative estimate of drug-likeness (QED) is 0.668. The number of carbonyl (C=O) groups excluding carboxylic acids is 3. The number of nitrogens with one attached hydrogen (secondary N) is 2. The Labute approximate surface area is 140 Å². The molecule has 0 spiro atoms. The highest BCUT2D eigenvalue weighted by Gasteiger charge is 2.40. The van der Waals surface area contributed by atoms with Crippen LogP contribution in [0.25, 0.3) is 0 Å². The first kappa shape index (κ1) is 15.4. The zero-order chi connectivity index (χ0) is 16.7. The third-order valence-corrected chi connectivity index (χ3v) is 5.33. The third kappa shape index (κ3) is 2.62. The van der Waals surface area contributed by atoms with E-state index < -0.39 is 6.04 Å². The predicted octanol–water partition coefficient (Wildman–Crippen LogP) is -0.487. The molecule has 24 heavy (non-hydrogen) atoms. The van der Waals surface area contributed by atoms with Crippen molar-refractivity contribution in [2.45, 2.75) is 31.7 Å². The lowest BCUT2D eigenvalue weighted by atomic mass is 9.96. The van der Waals surface area contributed by atoms with E-state index in [-0.39, 0.29) is 17.7 Å². The monoisotopic (exact) mass is 330 g/mol. The highest BCUT2D eigenvalue weighted by atomic mass is 16.2. The molecule has 7 nitrogen and oxygen atoms in total. The third-order valence-electron chi connectivity index (χ3n) is 5.33. The van der Waals surface area contributed by atoms with E-state index in [1.54, 1.807) is 4.90 Å². The van der Waals surface area contributed by atoms with Gasteiger partial charge in [0.1, 0.15) is 6.04 Å². The number of piperazine rings is 1. The van der Waals surface area contributed by atoms with Crippen LogP contribution in [0, 0.1) is 0 Å². The fraction of sp³-hybridized carbons (Fsp3) is 0.588. The first-order chi connectivity index (χ1) is 11.6. The molecule has 0 radical (unpaired) electrons. The zero-order valence-corrected chi connectivity index (χ0v) is 13.6. The van der Waals surface area contributed by atoms with E-state index in [0.29, 0.717) is 19.4 Å². The number of hydrogen-bond acceptors (Lipinski definition) is 5. The van der Waals surface area contributed by atoms with Crippen molar-refractivity contribution < 1.29 is 14.4 Å². The summed E-state index contributed by atoms with van der Waals surface area (Å²) in [5, 5.41) is 5.70. The molecule has 0 saturated carbocycles. The van der Waals surface area contributed by atoms with Crippen molar-refractivity contribution in [3.8, 4) is 0 Å². The largest absolute Gasteiger partial charge is 0.372 e. The van der Waals surface area contributed by atoms with Crippen molar-refractivity contribution in [3.63, 3.8) is 0 Å². The molecule has 3 aliphatic heterocycles. The molecule has 3 amide bonds. The van der Waals surface area contributed by atoms with Crippen LogP contribution in [0.4, 0.5) is 0 Å². The molecule has 2 fully saturated rings. The van der Waals surface area contributed by atoms with Crippen LogP contribution in [0.15, 0.2) is 22.9 Å². The Morgan fingerprint density at radius 1 is 1.04 bits per heavy atom. The van der Waals surface area contributed by atoms with Gasteiger partial charge in [0, 0.05) is 50.4 Å². The maximum absolute atomic E-state index is 12.7. The van der Waals surface area contributed by atoms with Gasteiger partial charge in [0.05, 0.1) is 0 Å². The highest BCUT2D eigenvalue weighted by molar-refractivity contribution is 6.05. The van der Waals surface area contributed by atoms with Gasteiger partial charge in [-0.3, -0.25) is 19.7 Å². The summed E-state index contributed by atoms with van der Waals surface area (Å²) >= 11 is 0.